The number of carbonyl (C=O) groups excluding carboxylic acids is 1. The summed E-state index contributed by atoms with van der Waals surface area (Å²) in [6.07, 6.45) is 4.98. The Morgan fingerprint density at radius 1 is 1.59 bits per heavy atom. The molecule has 2 unspecified atom stereocenters. The molecule has 2 atom stereocenters. The van der Waals surface area contributed by atoms with Crippen molar-refractivity contribution >= 4 is 17.7 Å². The minimum atomic E-state index is -0.734. The molecule has 1 aliphatic carbocycles. The molecule has 0 aromatic rings. The predicted molar refractivity (Wildman–Crippen MR) is 73.1 cm³/mol. The van der Waals surface area contributed by atoms with Crippen molar-refractivity contribution < 1.29 is 9.53 Å². The average molecular weight is 259 g/mol. The fourth-order valence-corrected chi connectivity index (χ4v) is 3.95. The molecule has 4 heteroatoms. The molecule has 17 heavy (non-hydrogen) atoms. The minimum absolute atomic E-state index is 0.244. The first kappa shape index (κ1) is 14.8. The number of esters is 1. The SMILES string of the molecule is COC(=O)C1(N)CCCC(SCCC(C)C)C1. The number of ether oxygens (including phenoxy) is 1. The van der Waals surface area contributed by atoms with Crippen LogP contribution in [-0.2, 0) is 9.53 Å². The summed E-state index contributed by atoms with van der Waals surface area (Å²) in [5.74, 6) is 1.67. The van der Waals surface area contributed by atoms with Crippen molar-refractivity contribution in [3.05, 3.63) is 0 Å². The maximum atomic E-state index is 11.7. The zero-order chi connectivity index (χ0) is 12.9. The summed E-state index contributed by atoms with van der Waals surface area (Å²) in [5.41, 5.74) is 5.41. The van der Waals surface area contributed by atoms with E-state index in [4.69, 9.17) is 10.5 Å². The Kier molecular flexibility index (Phi) is 5.80. The number of carbonyl (C=O) groups is 1. The normalized spacial score (nSPS) is 29.4. The zero-order valence-corrected chi connectivity index (χ0v) is 12.0. The molecule has 1 fully saturated rings. The van der Waals surface area contributed by atoms with Gasteiger partial charge in [-0.3, -0.25) is 4.79 Å². The van der Waals surface area contributed by atoms with Gasteiger partial charge in [-0.25, -0.2) is 0 Å². The van der Waals surface area contributed by atoms with Crippen molar-refractivity contribution in [3.8, 4) is 0 Å². The molecule has 0 aromatic heterocycles. The van der Waals surface area contributed by atoms with Crippen LogP contribution in [0.2, 0.25) is 0 Å². The van der Waals surface area contributed by atoms with Gasteiger partial charge in [0.05, 0.1) is 7.11 Å². The summed E-state index contributed by atoms with van der Waals surface area (Å²) in [6.45, 7) is 4.48. The number of nitrogens with two attached hydrogens (primary N) is 1. The van der Waals surface area contributed by atoms with Crippen LogP contribution in [0, 0.1) is 5.92 Å². The van der Waals surface area contributed by atoms with E-state index < -0.39 is 5.54 Å². The van der Waals surface area contributed by atoms with Crippen LogP contribution in [0.4, 0.5) is 0 Å². The number of methoxy groups -OCH3 is 1. The van der Waals surface area contributed by atoms with Crippen LogP contribution in [0.15, 0.2) is 0 Å². The number of rotatable bonds is 5. The monoisotopic (exact) mass is 259 g/mol. The Hall–Kier alpha value is -0.220. The van der Waals surface area contributed by atoms with E-state index in [1.54, 1.807) is 0 Å². The van der Waals surface area contributed by atoms with E-state index >= 15 is 0 Å². The number of hydrogen-bond acceptors (Lipinski definition) is 4. The van der Waals surface area contributed by atoms with Crippen LogP contribution < -0.4 is 5.73 Å². The Morgan fingerprint density at radius 2 is 2.29 bits per heavy atom. The second kappa shape index (κ2) is 6.64. The summed E-state index contributed by atoms with van der Waals surface area (Å²) < 4.78 is 4.81. The van der Waals surface area contributed by atoms with Gasteiger partial charge in [0.25, 0.3) is 0 Å². The van der Waals surface area contributed by atoms with Gasteiger partial charge < -0.3 is 10.5 Å². The molecule has 3 nitrogen and oxygen atoms in total. The smallest absolute Gasteiger partial charge is 0.325 e. The first-order chi connectivity index (χ1) is 7.98. The van der Waals surface area contributed by atoms with Crippen molar-refractivity contribution in [1.82, 2.24) is 0 Å². The summed E-state index contributed by atoms with van der Waals surface area (Å²) in [5, 5.41) is 0.520. The van der Waals surface area contributed by atoms with Crippen LogP contribution in [0.25, 0.3) is 0 Å². The topological polar surface area (TPSA) is 52.3 Å². The zero-order valence-electron chi connectivity index (χ0n) is 11.2. The standard InChI is InChI=1S/C13H25NO2S/c1-10(2)6-8-17-11-5-4-7-13(14,9-11)12(15)16-3/h10-11H,4-9,14H2,1-3H3. The molecule has 1 aliphatic rings. The van der Waals surface area contributed by atoms with Gasteiger partial charge in [-0.15, -0.1) is 0 Å². The van der Waals surface area contributed by atoms with Crippen molar-refractivity contribution in [1.29, 1.82) is 0 Å². The third-order valence-corrected chi connectivity index (χ3v) is 4.73. The Morgan fingerprint density at radius 3 is 2.88 bits per heavy atom. The molecule has 0 radical (unpaired) electrons. The lowest BCUT2D eigenvalue weighted by molar-refractivity contribution is -0.148. The summed E-state index contributed by atoms with van der Waals surface area (Å²) in [7, 11) is 1.42. The Balaban J connectivity index is 2.40. The highest BCUT2D eigenvalue weighted by Gasteiger charge is 2.40. The van der Waals surface area contributed by atoms with Gasteiger partial charge in [0, 0.05) is 5.25 Å². The molecule has 0 aliphatic heterocycles. The van der Waals surface area contributed by atoms with E-state index in [0.717, 1.165) is 25.2 Å². The highest BCUT2D eigenvalue weighted by Crippen LogP contribution is 2.34. The van der Waals surface area contributed by atoms with E-state index in [9.17, 15) is 4.79 Å². The van der Waals surface area contributed by atoms with Crippen molar-refractivity contribution in [2.24, 2.45) is 11.7 Å². The molecule has 0 saturated heterocycles. The molecule has 0 bridgehead atoms. The molecule has 0 aromatic carbocycles. The van der Waals surface area contributed by atoms with Gasteiger partial charge in [-0.05, 0) is 43.8 Å². The van der Waals surface area contributed by atoms with Crippen molar-refractivity contribution in [2.75, 3.05) is 12.9 Å². The second-order valence-electron chi connectivity index (χ2n) is 5.42. The average Bonchev–Trinajstić information content (AvgIpc) is 2.27. The van der Waals surface area contributed by atoms with E-state index in [1.807, 2.05) is 11.8 Å². The highest BCUT2D eigenvalue weighted by atomic mass is 32.2. The molecule has 0 heterocycles. The molecular weight excluding hydrogens is 234 g/mol. The van der Waals surface area contributed by atoms with Crippen molar-refractivity contribution in [3.63, 3.8) is 0 Å². The van der Waals surface area contributed by atoms with Gasteiger partial charge in [0.15, 0.2) is 0 Å². The third kappa shape index (κ3) is 4.51. The van der Waals surface area contributed by atoms with Gasteiger partial charge in [0.1, 0.15) is 5.54 Å². The third-order valence-electron chi connectivity index (χ3n) is 3.38. The Bertz CT molecular complexity index is 258. The quantitative estimate of drug-likeness (QED) is 0.771. The lowest BCUT2D eigenvalue weighted by Crippen LogP contribution is -2.52. The fourth-order valence-electron chi connectivity index (χ4n) is 2.26. The van der Waals surface area contributed by atoms with Crippen LogP contribution >= 0.6 is 11.8 Å². The largest absolute Gasteiger partial charge is 0.468 e. The van der Waals surface area contributed by atoms with E-state index in [0.29, 0.717) is 5.25 Å². The molecule has 0 spiro atoms. The molecule has 1 saturated carbocycles. The van der Waals surface area contributed by atoms with E-state index in [2.05, 4.69) is 13.8 Å². The molecule has 2 N–H and O–H groups in total. The number of hydrogen-bond donors (Lipinski definition) is 1. The summed E-state index contributed by atoms with van der Waals surface area (Å²) in [6, 6.07) is 0. The van der Waals surface area contributed by atoms with Crippen LogP contribution in [0.3, 0.4) is 0 Å². The first-order valence-electron chi connectivity index (χ1n) is 6.47. The highest BCUT2D eigenvalue weighted by molar-refractivity contribution is 7.99. The van der Waals surface area contributed by atoms with Crippen LogP contribution in [0.1, 0.15) is 46.0 Å². The van der Waals surface area contributed by atoms with Crippen molar-refractivity contribution in [2.45, 2.75) is 56.7 Å². The second-order valence-corrected chi connectivity index (χ2v) is 6.83. The number of thioether (sulfide) groups is 1. The Labute approximate surface area is 109 Å². The first-order valence-corrected chi connectivity index (χ1v) is 7.51. The summed E-state index contributed by atoms with van der Waals surface area (Å²) in [4.78, 5) is 11.7. The van der Waals surface area contributed by atoms with E-state index in [1.165, 1.54) is 25.7 Å². The molecule has 1 rings (SSSR count). The van der Waals surface area contributed by atoms with Crippen LogP contribution in [0.5, 0.6) is 0 Å². The molecule has 100 valence electrons. The molecule has 0 amide bonds. The lowest BCUT2D eigenvalue weighted by Gasteiger charge is -2.35. The maximum absolute atomic E-state index is 11.7. The van der Waals surface area contributed by atoms with Crippen LogP contribution in [-0.4, -0.2) is 29.6 Å². The minimum Gasteiger partial charge on any atom is -0.468 e. The van der Waals surface area contributed by atoms with Gasteiger partial charge in [-0.2, -0.15) is 11.8 Å². The van der Waals surface area contributed by atoms with E-state index in [-0.39, 0.29) is 5.97 Å². The molecular formula is C13H25NO2S. The van der Waals surface area contributed by atoms with Gasteiger partial charge in [-0.1, -0.05) is 13.8 Å². The maximum Gasteiger partial charge on any atom is 0.325 e. The lowest BCUT2D eigenvalue weighted by atomic mass is 9.82. The fraction of sp³-hybridized carbons (Fsp3) is 0.923. The summed E-state index contributed by atoms with van der Waals surface area (Å²) >= 11 is 1.97. The predicted octanol–water partition coefficient (Wildman–Crippen LogP) is 2.58. The van der Waals surface area contributed by atoms with Gasteiger partial charge >= 0.3 is 5.97 Å². The van der Waals surface area contributed by atoms with Gasteiger partial charge in [0.2, 0.25) is 0 Å².